The summed E-state index contributed by atoms with van der Waals surface area (Å²) in [6, 6.07) is 8.19. The Morgan fingerprint density at radius 1 is 1.12 bits per heavy atom. The van der Waals surface area contributed by atoms with Crippen LogP contribution in [0.5, 0.6) is 0 Å². The number of rotatable bonds is 3. The van der Waals surface area contributed by atoms with Gasteiger partial charge in [0.1, 0.15) is 17.8 Å². The third-order valence-corrected chi connectivity index (χ3v) is 3.53. The molecule has 8 nitrogen and oxygen atoms in total. The van der Waals surface area contributed by atoms with Crippen LogP contribution in [-0.2, 0) is 0 Å². The predicted octanol–water partition coefficient (Wildman–Crippen LogP) is 3.00. The maximum absolute atomic E-state index is 14.0. The SMILES string of the molecule is O=C(Nc1cncnc1)Nc1cc(F)cc(-c2n[nH]c3nc[c]cc23)c1. The molecule has 0 aliphatic rings. The van der Waals surface area contributed by atoms with Crippen LogP contribution in [0, 0.1) is 11.9 Å². The molecule has 0 atom stereocenters. The minimum atomic E-state index is -0.543. The Bertz CT molecular complexity index is 1080. The molecule has 0 saturated carbocycles. The predicted molar refractivity (Wildman–Crippen MR) is 92.8 cm³/mol. The van der Waals surface area contributed by atoms with Crippen LogP contribution in [0.4, 0.5) is 20.6 Å². The van der Waals surface area contributed by atoms with Gasteiger partial charge in [-0.1, -0.05) is 0 Å². The van der Waals surface area contributed by atoms with Gasteiger partial charge >= 0.3 is 6.03 Å². The minimum Gasteiger partial charge on any atom is -0.308 e. The number of urea groups is 1. The van der Waals surface area contributed by atoms with Gasteiger partial charge in [-0.25, -0.2) is 24.1 Å². The number of amides is 2. The average molecular weight is 348 g/mol. The van der Waals surface area contributed by atoms with E-state index in [1.165, 1.54) is 37.1 Å². The van der Waals surface area contributed by atoms with Crippen molar-refractivity contribution in [3.8, 4) is 11.3 Å². The third-order valence-electron chi connectivity index (χ3n) is 3.53. The molecule has 9 heteroatoms. The van der Waals surface area contributed by atoms with Gasteiger partial charge in [0.05, 0.1) is 18.1 Å². The summed E-state index contributed by atoms with van der Waals surface area (Å²) in [5.74, 6) is -0.509. The average Bonchev–Trinajstić information content (AvgIpc) is 3.06. The van der Waals surface area contributed by atoms with E-state index >= 15 is 0 Å². The van der Waals surface area contributed by atoms with E-state index in [9.17, 15) is 9.18 Å². The summed E-state index contributed by atoms with van der Waals surface area (Å²) in [6.07, 6.45) is 5.76. The topological polar surface area (TPSA) is 108 Å². The Kier molecular flexibility index (Phi) is 3.94. The molecule has 3 heterocycles. The lowest BCUT2D eigenvalue weighted by Crippen LogP contribution is -2.19. The van der Waals surface area contributed by atoms with Crippen molar-refractivity contribution >= 4 is 28.4 Å². The molecular weight excluding hydrogens is 337 g/mol. The van der Waals surface area contributed by atoms with Gasteiger partial charge in [-0.15, -0.1) is 0 Å². The number of aromatic amines is 1. The molecule has 4 rings (SSSR count). The van der Waals surface area contributed by atoms with Gasteiger partial charge in [0.2, 0.25) is 0 Å². The number of fused-ring (bicyclic) bond motifs is 1. The zero-order chi connectivity index (χ0) is 17.9. The van der Waals surface area contributed by atoms with Gasteiger partial charge in [0, 0.05) is 28.9 Å². The van der Waals surface area contributed by atoms with E-state index < -0.39 is 11.8 Å². The molecule has 1 radical (unpaired) electrons. The number of anilines is 2. The quantitative estimate of drug-likeness (QED) is 0.527. The molecule has 0 unspecified atom stereocenters. The van der Waals surface area contributed by atoms with Crippen LogP contribution in [0.1, 0.15) is 0 Å². The van der Waals surface area contributed by atoms with E-state index in [-0.39, 0.29) is 5.69 Å². The van der Waals surface area contributed by atoms with Crippen molar-refractivity contribution in [3.05, 3.63) is 61.1 Å². The van der Waals surface area contributed by atoms with Crippen molar-refractivity contribution in [2.24, 2.45) is 0 Å². The summed E-state index contributed by atoms with van der Waals surface area (Å²) in [4.78, 5) is 23.8. The van der Waals surface area contributed by atoms with E-state index in [1.54, 1.807) is 12.1 Å². The molecule has 1 aromatic carbocycles. The van der Waals surface area contributed by atoms with Crippen molar-refractivity contribution in [1.82, 2.24) is 25.1 Å². The second-order valence-corrected chi connectivity index (χ2v) is 5.34. The first-order valence-corrected chi connectivity index (χ1v) is 7.53. The van der Waals surface area contributed by atoms with Crippen LogP contribution in [0.2, 0.25) is 0 Å². The number of carbonyl (C=O) groups is 1. The second-order valence-electron chi connectivity index (χ2n) is 5.34. The smallest absolute Gasteiger partial charge is 0.308 e. The maximum atomic E-state index is 14.0. The fourth-order valence-electron chi connectivity index (χ4n) is 2.47. The minimum absolute atomic E-state index is 0.276. The maximum Gasteiger partial charge on any atom is 0.323 e. The molecule has 0 aliphatic carbocycles. The Morgan fingerprint density at radius 2 is 1.92 bits per heavy atom. The first kappa shape index (κ1) is 15.6. The monoisotopic (exact) mass is 348 g/mol. The summed E-state index contributed by atoms with van der Waals surface area (Å²) in [5, 5.41) is 12.8. The highest BCUT2D eigenvalue weighted by Crippen LogP contribution is 2.28. The van der Waals surface area contributed by atoms with Crippen LogP contribution in [0.3, 0.4) is 0 Å². The second kappa shape index (κ2) is 6.55. The zero-order valence-corrected chi connectivity index (χ0v) is 13.2. The van der Waals surface area contributed by atoms with E-state index in [0.29, 0.717) is 28.0 Å². The molecule has 3 N–H and O–H groups in total. The normalized spacial score (nSPS) is 10.7. The molecule has 0 spiro atoms. The number of H-pyrrole nitrogens is 1. The van der Waals surface area contributed by atoms with E-state index in [0.717, 1.165) is 0 Å². The summed E-state index contributed by atoms with van der Waals surface area (Å²) in [7, 11) is 0. The molecule has 0 saturated heterocycles. The third kappa shape index (κ3) is 3.18. The lowest BCUT2D eigenvalue weighted by atomic mass is 10.1. The summed E-state index contributed by atoms with van der Waals surface area (Å²) >= 11 is 0. The number of carbonyl (C=O) groups excluding carboxylic acids is 1. The number of hydrogen-bond donors (Lipinski definition) is 3. The Morgan fingerprint density at radius 3 is 2.77 bits per heavy atom. The number of nitrogens with zero attached hydrogens (tertiary/aromatic N) is 4. The van der Waals surface area contributed by atoms with Crippen LogP contribution in [-0.4, -0.2) is 31.2 Å². The fraction of sp³-hybridized carbons (Fsp3) is 0. The largest absolute Gasteiger partial charge is 0.323 e. The van der Waals surface area contributed by atoms with Crippen LogP contribution in [0.15, 0.2) is 49.2 Å². The highest BCUT2D eigenvalue weighted by molar-refractivity contribution is 6.00. The highest BCUT2D eigenvalue weighted by Gasteiger charge is 2.12. The summed E-state index contributed by atoms with van der Waals surface area (Å²) in [5.41, 5.74) is 2.28. The lowest BCUT2D eigenvalue weighted by Gasteiger charge is -2.08. The summed E-state index contributed by atoms with van der Waals surface area (Å²) < 4.78 is 14.0. The van der Waals surface area contributed by atoms with Gasteiger partial charge in [0.15, 0.2) is 5.65 Å². The van der Waals surface area contributed by atoms with Gasteiger partial charge in [-0.2, -0.15) is 5.10 Å². The number of halogens is 1. The van der Waals surface area contributed by atoms with Crippen molar-refractivity contribution < 1.29 is 9.18 Å². The fourth-order valence-corrected chi connectivity index (χ4v) is 2.47. The van der Waals surface area contributed by atoms with Gasteiger partial charge < -0.3 is 10.6 Å². The Balaban J connectivity index is 1.61. The lowest BCUT2D eigenvalue weighted by molar-refractivity contribution is 0.262. The van der Waals surface area contributed by atoms with Crippen molar-refractivity contribution in [2.45, 2.75) is 0 Å². The molecule has 127 valence electrons. The number of pyridine rings is 1. The first-order valence-electron chi connectivity index (χ1n) is 7.53. The van der Waals surface area contributed by atoms with Crippen molar-refractivity contribution in [2.75, 3.05) is 10.6 Å². The molecule has 0 bridgehead atoms. The molecule has 3 aromatic heterocycles. The van der Waals surface area contributed by atoms with Crippen molar-refractivity contribution in [3.63, 3.8) is 0 Å². The summed E-state index contributed by atoms with van der Waals surface area (Å²) in [6.45, 7) is 0. The number of nitrogens with one attached hydrogen (secondary N) is 3. The van der Waals surface area contributed by atoms with Crippen molar-refractivity contribution in [1.29, 1.82) is 0 Å². The van der Waals surface area contributed by atoms with E-state index in [4.69, 9.17) is 0 Å². The van der Waals surface area contributed by atoms with Gasteiger partial charge in [0.25, 0.3) is 0 Å². The Hall–Kier alpha value is -3.88. The van der Waals surface area contributed by atoms with Crippen LogP contribution < -0.4 is 10.6 Å². The first-order chi connectivity index (χ1) is 12.7. The van der Waals surface area contributed by atoms with E-state index in [2.05, 4.69) is 41.8 Å². The molecule has 0 fully saturated rings. The molecular formula is C17H11FN7O. The number of hydrogen-bond acceptors (Lipinski definition) is 5. The molecule has 0 aliphatic heterocycles. The van der Waals surface area contributed by atoms with Gasteiger partial charge in [-0.3, -0.25) is 5.10 Å². The molecule has 26 heavy (non-hydrogen) atoms. The zero-order valence-electron chi connectivity index (χ0n) is 13.2. The number of benzene rings is 1. The molecule has 2 amide bonds. The highest BCUT2D eigenvalue weighted by atomic mass is 19.1. The van der Waals surface area contributed by atoms with Gasteiger partial charge in [-0.05, 0) is 24.3 Å². The Labute approximate surface area is 146 Å². The van der Waals surface area contributed by atoms with E-state index in [1.807, 2.05) is 0 Å². The van der Waals surface area contributed by atoms with Crippen LogP contribution in [0.25, 0.3) is 22.3 Å². The van der Waals surface area contributed by atoms with Crippen LogP contribution >= 0.6 is 0 Å². The standard InChI is InChI=1S/C17H11FN7O/c18-11-4-10(15-14-2-1-3-21-16(14)25-24-15)5-12(6-11)22-17(26)23-13-7-19-9-20-8-13/h2-9H,(H,21,24,25)(H2,22,23,26). The number of aromatic nitrogens is 5. The molecule has 4 aromatic rings.